The van der Waals surface area contributed by atoms with Crippen molar-refractivity contribution in [2.75, 3.05) is 20.8 Å². The number of allylic oxidation sites excluding steroid dienone is 4. The van der Waals surface area contributed by atoms with E-state index in [0.29, 0.717) is 17.9 Å². The first-order valence-corrected chi connectivity index (χ1v) is 15.0. The molecular weight excluding hydrogens is 570 g/mol. The number of benzene rings is 2. The summed E-state index contributed by atoms with van der Waals surface area (Å²) in [6.07, 6.45) is 10.4. The first kappa shape index (κ1) is 33.2. The zero-order valence-electron chi connectivity index (χ0n) is 26.4. The van der Waals surface area contributed by atoms with Gasteiger partial charge in [-0.15, -0.1) is 0 Å². The van der Waals surface area contributed by atoms with Crippen LogP contribution in [0.2, 0.25) is 0 Å². The monoisotopic (exact) mass is 612 g/mol. The summed E-state index contributed by atoms with van der Waals surface area (Å²) in [6.45, 7) is 9.07. The van der Waals surface area contributed by atoms with Crippen LogP contribution in [0.1, 0.15) is 104 Å². The molecule has 5 rings (SSSR count). The van der Waals surface area contributed by atoms with Gasteiger partial charge in [-0.1, -0.05) is 39.8 Å². The number of esters is 2. The number of hydrogen-bond acceptors (Lipinski definition) is 7. The molecule has 9 heteroatoms. The number of phenolic OH excluding ortho intramolecular Hbond substituents is 1. The van der Waals surface area contributed by atoms with Gasteiger partial charge in [-0.25, -0.2) is 18.4 Å². The van der Waals surface area contributed by atoms with E-state index < -0.39 is 23.6 Å². The van der Waals surface area contributed by atoms with Gasteiger partial charge in [-0.3, -0.25) is 0 Å². The predicted molar refractivity (Wildman–Crippen MR) is 163 cm³/mol. The van der Waals surface area contributed by atoms with E-state index in [1.54, 1.807) is 6.07 Å². The van der Waals surface area contributed by atoms with Crippen molar-refractivity contribution in [1.82, 2.24) is 0 Å². The molecule has 0 saturated carbocycles. The van der Waals surface area contributed by atoms with Crippen LogP contribution in [0.15, 0.2) is 36.4 Å². The zero-order chi connectivity index (χ0) is 32.2. The van der Waals surface area contributed by atoms with E-state index in [1.807, 2.05) is 6.08 Å². The van der Waals surface area contributed by atoms with Gasteiger partial charge in [0.2, 0.25) is 0 Å². The van der Waals surface area contributed by atoms with Crippen LogP contribution in [-0.2, 0) is 14.2 Å². The highest BCUT2D eigenvalue weighted by atomic mass is 19.1. The fourth-order valence-corrected chi connectivity index (χ4v) is 6.05. The number of rotatable bonds is 6. The zero-order valence-corrected chi connectivity index (χ0v) is 26.4. The molecule has 3 aliphatic rings. The van der Waals surface area contributed by atoms with Gasteiger partial charge in [-0.05, 0) is 72.6 Å². The molecule has 1 saturated heterocycles. The third kappa shape index (κ3) is 7.15. The fraction of sp³-hybridized carbons (Fsp3) is 0.486. The Hall–Kier alpha value is -3.72. The number of phenols is 1. The second-order valence-corrected chi connectivity index (χ2v) is 12.7. The largest absolute Gasteiger partial charge is 0.507 e. The number of ether oxygens (including phenoxy) is 4. The van der Waals surface area contributed by atoms with E-state index in [9.17, 15) is 23.5 Å². The average molecular weight is 613 g/mol. The standard InChI is InChI=1S/C20H25FO4.C15H17FO3/c1-20(2)9-6-7-15(20)13-11-14(19(22)23-3)16(21)12-17(13)25-18-8-4-5-10-24-18;1-15(2)6-4-5-11(15)9-7-10(14(18)19-3)12(16)8-13(9)17/h7,11-12,18H,4-6,8-10H2,1-3H3;5,7-8,17H,4,6H2,1-3H3. The highest BCUT2D eigenvalue weighted by Gasteiger charge is 2.33. The number of halogens is 2. The van der Waals surface area contributed by atoms with Gasteiger partial charge >= 0.3 is 11.9 Å². The molecule has 1 fully saturated rings. The first-order valence-electron chi connectivity index (χ1n) is 15.0. The summed E-state index contributed by atoms with van der Waals surface area (Å²) in [6, 6.07) is 5.18. The van der Waals surface area contributed by atoms with E-state index in [2.05, 4.69) is 38.5 Å². The second-order valence-electron chi connectivity index (χ2n) is 12.7. The molecule has 7 nitrogen and oxygen atoms in total. The van der Waals surface area contributed by atoms with Crippen LogP contribution in [0.25, 0.3) is 11.1 Å². The highest BCUT2D eigenvalue weighted by molar-refractivity contribution is 5.93. The van der Waals surface area contributed by atoms with Gasteiger partial charge in [0.15, 0.2) is 6.29 Å². The Morgan fingerprint density at radius 1 is 0.818 bits per heavy atom. The van der Waals surface area contributed by atoms with E-state index in [4.69, 9.17) is 14.2 Å². The summed E-state index contributed by atoms with van der Waals surface area (Å²) in [5, 5.41) is 9.93. The Morgan fingerprint density at radius 3 is 1.82 bits per heavy atom. The van der Waals surface area contributed by atoms with Crippen molar-refractivity contribution < 1.29 is 42.4 Å². The summed E-state index contributed by atoms with van der Waals surface area (Å²) in [5.74, 6) is -2.56. The van der Waals surface area contributed by atoms with Gasteiger partial charge in [0, 0.05) is 29.7 Å². The summed E-state index contributed by atoms with van der Waals surface area (Å²) in [4.78, 5) is 23.4. The van der Waals surface area contributed by atoms with Crippen LogP contribution in [0.5, 0.6) is 11.5 Å². The van der Waals surface area contributed by atoms with Crippen LogP contribution in [0, 0.1) is 22.5 Å². The lowest BCUT2D eigenvalue weighted by molar-refractivity contribution is -0.106. The third-order valence-corrected chi connectivity index (χ3v) is 8.64. The Labute approximate surface area is 257 Å². The maximum absolute atomic E-state index is 14.5. The van der Waals surface area contributed by atoms with E-state index in [1.165, 1.54) is 26.4 Å². The van der Waals surface area contributed by atoms with Gasteiger partial charge in [0.1, 0.15) is 23.1 Å². The maximum Gasteiger partial charge on any atom is 0.340 e. The van der Waals surface area contributed by atoms with Crippen molar-refractivity contribution in [3.8, 4) is 11.5 Å². The van der Waals surface area contributed by atoms with Crippen molar-refractivity contribution in [3.63, 3.8) is 0 Å². The maximum atomic E-state index is 14.5. The number of carbonyl (C=O) groups is 2. The molecule has 2 aromatic carbocycles. The summed E-state index contributed by atoms with van der Waals surface area (Å²) >= 11 is 0. The Balaban J connectivity index is 0.000000209. The number of aromatic hydroxyl groups is 1. The molecule has 0 bridgehead atoms. The van der Waals surface area contributed by atoms with Crippen molar-refractivity contribution in [3.05, 3.63) is 70.3 Å². The smallest absolute Gasteiger partial charge is 0.340 e. The molecule has 2 aliphatic carbocycles. The molecule has 44 heavy (non-hydrogen) atoms. The molecule has 0 spiro atoms. The number of methoxy groups -OCH3 is 2. The minimum atomic E-state index is -0.774. The lowest BCUT2D eigenvalue weighted by atomic mass is 9.81. The lowest BCUT2D eigenvalue weighted by Crippen LogP contribution is -2.26. The van der Waals surface area contributed by atoms with E-state index in [-0.39, 0.29) is 34.0 Å². The predicted octanol–water partition coefficient (Wildman–Crippen LogP) is 8.24. The Morgan fingerprint density at radius 2 is 1.34 bits per heavy atom. The summed E-state index contributed by atoms with van der Waals surface area (Å²) < 4.78 is 49.0. The second kappa shape index (κ2) is 13.5. The normalized spacial score (nSPS) is 20.1. The molecule has 1 atom stereocenters. The minimum Gasteiger partial charge on any atom is -0.507 e. The highest BCUT2D eigenvalue weighted by Crippen LogP contribution is 2.48. The Kier molecular flexibility index (Phi) is 10.2. The van der Waals surface area contributed by atoms with Crippen LogP contribution in [-0.4, -0.2) is 44.2 Å². The lowest BCUT2D eigenvalue weighted by Gasteiger charge is -2.28. The van der Waals surface area contributed by atoms with Crippen LogP contribution >= 0.6 is 0 Å². The average Bonchev–Trinajstić information content (AvgIpc) is 3.52. The van der Waals surface area contributed by atoms with Crippen molar-refractivity contribution in [1.29, 1.82) is 0 Å². The molecule has 0 radical (unpaired) electrons. The molecule has 0 amide bonds. The first-order chi connectivity index (χ1) is 20.8. The molecule has 2 aromatic rings. The fourth-order valence-electron chi connectivity index (χ4n) is 6.05. The Bertz CT molecular complexity index is 1470. The molecule has 238 valence electrons. The van der Waals surface area contributed by atoms with Crippen molar-refractivity contribution in [2.45, 2.75) is 78.9 Å². The minimum absolute atomic E-state index is 0.0588. The van der Waals surface area contributed by atoms with Crippen LogP contribution < -0.4 is 4.74 Å². The van der Waals surface area contributed by atoms with Crippen LogP contribution in [0.3, 0.4) is 0 Å². The topological polar surface area (TPSA) is 91.3 Å². The number of hydrogen-bond donors (Lipinski definition) is 1. The molecule has 1 aliphatic heterocycles. The molecule has 1 heterocycles. The molecule has 0 aromatic heterocycles. The van der Waals surface area contributed by atoms with Gasteiger partial charge in [0.25, 0.3) is 0 Å². The van der Waals surface area contributed by atoms with Gasteiger partial charge in [0.05, 0.1) is 32.0 Å². The molecule has 1 unspecified atom stereocenters. The quantitative estimate of drug-likeness (QED) is 0.329. The number of carbonyl (C=O) groups excluding carboxylic acids is 2. The SMILES string of the molecule is COC(=O)c1cc(C2=CCCC2(C)C)c(O)cc1F.COC(=O)c1cc(C2=CCCC2(C)C)c(OC2CCCCO2)cc1F. The van der Waals surface area contributed by atoms with Crippen molar-refractivity contribution in [2.24, 2.45) is 10.8 Å². The van der Waals surface area contributed by atoms with Crippen molar-refractivity contribution >= 4 is 23.1 Å². The molecule has 1 N–H and O–H groups in total. The van der Waals surface area contributed by atoms with Gasteiger partial charge in [-0.2, -0.15) is 0 Å². The summed E-state index contributed by atoms with van der Waals surface area (Å²) in [7, 11) is 2.45. The third-order valence-electron chi connectivity index (χ3n) is 8.64. The molecular formula is C35H42F2O7. The van der Waals surface area contributed by atoms with Gasteiger partial charge < -0.3 is 24.1 Å². The summed E-state index contributed by atoms with van der Waals surface area (Å²) in [5.41, 5.74) is 2.89. The van der Waals surface area contributed by atoms with E-state index >= 15 is 0 Å². The van der Waals surface area contributed by atoms with E-state index in [0.717, 1.165) is 67.7 Å². The van der Waals surface area contributed by atoms with Crippen LogP contribution in [0.4, 0.5) is 8.78 Å².